The lowest BCUT2D eigenvalue weighted by Gasteiger charge is -2.15. The zero-order chi connectivity index (χ0) is 19.0. The van der Waals surface area contributed by atoms with Crippen LogP contribution in [0.15, 0.2) is 53.6 Å². The molecule has 0 aliphatic carbocycles. The number of anilines is 1. The maximum absolute atomic E-state index is 12.6. The van der Waals surface area contributed by atoms with E-state index in [1.54, 1.807) is 47.4 Å². The van der Waals surface area contributed by atoms with Crippen LogP contribution in [0, 0.1) is 0 Å². The van der Waals surface area contributed by atoms with Crippen molar-refractivity contribution in [3.05, 3.63) is 69.7 Å². The molecule has 7 heteroatoms. The highest BCUT2D eigenvalue weighted by Gasteiger charge is 2.21. The minimum atomic E-state index is -0.310. The van der Waals surface area contributed by atoms with Crippen LogP contribution in [0.5, 0.6) is 0 Å². The van der Waals surface area contributed by atoms with Crippen molar-refractivity contribution in [2.75, 3.05) is 11.4 Å². The predicted octanol–water partition coefficient (Wildman–Crippen LogP) is 3.06. The molecule has 4 rings (SSSR count). The van der Waals surface area contributed by atoms with Gasteiger partial charge in [0.2, 0.25) is 5.91 Å². The highest BCUT2D eigenvalue weighted by molar-refractivity contribution is 6.31. The molecule has 1 amide bonds. The first-order chi connectivity index (χ1) is 13.0. The minimum absolute atomic E-state index is 0.0986. The summed E-state index contributed by atoms with van der Waals surface area (Å²) >= 11 is 5.95. The lowest BCUT2D eigenvalue weighted by Crippen LogP contribution is -2.25. The number of hydrogen-bond acceptors (Lipinski definition) is 4. The molecule has 0 saturated carbocycles. The Morgan fingerprint density at radius 2 is 1.89 bits per heavy atom. The van der Waals surface area contributed by atoms with E-state index >= 15 is 0 Å². The van der Waals surface area contributed by atoms with Crippen molar-refractivity contribution in [1.82, 2.24) is 9.55 Å². The monoisotopic (exact) mass is 381 g/mol. The van der Waals surface area contributed by atoms with Gasteiger partial charge in [-0.1, -0.05) is 11.6 Å². The molecule has 2 heterocycles. The Labute approximate surface area is 160 Å². The molecule has 0 bridgehead atoms. The summed E-state index contributed by atoms with van der Waals surface area (Å²) in [5, 5.41) is 0.818. The number of fused-ring (bicyclic) bond motifs is 1. The van der Waals surface area contributed by atoms with Gasteiger partial charge in [-0.2, -0.15) is 0 Å². The Morgan fingerprint density at radius 1 is 1.11 bits per heavy atom. The van der Waals surface area contributed by atoms with E-state index in [0.29, 0.717) is 34.5 Å². The molecular formula is C20H16ClN3O3. The van der Waals surface area contributed by atoms with E-state index in [1.165, 1.54) is 10.9 Å². The Hall–Kier alpha value is -2.99. The number of aromatic nitrogens is 2. The van der Waals surface area contributed by atoms with Crippen molar-refractivity contribution >= 4 is 39.9 Å². The van der Waals surface area contributed by atoms with Crippen LogP contribution in [-0.2, 0) is 11.3 Å². The van der Waals surface area contributed by atoms with Crippen molar-refractivity contribution in [1.29, 1.82) is 0 Å². The summed E-state index contributed by atoms with van der Waals surface area (Å²) in [4.78, 5) is 42.9. The number of nitrogens with zero attached hydrogens (tertiary/aromatic N) is 3. The molecule has 136 valence electrons. The second-order valence-electron chi connectivity index (χ2n) is 6.46. The van der Waals surface area contributed by atoms with E-state index in [1.807, 2.05) is 0 Å². The van der Waals surface area contributed by atoms with Crippen molar-refractivity contribution in [2.45, 2.75) is 19.4 Å². The average Bonchev–Trinajstić information content (AvgIpc) is 3.10. The van der Waals surface area contributed by atoms with E-state index in [0.717, 1.165) is 12.1 Å². The van der Waals surface area contributed by atoms with Gasteiger partial charge in [-0.15, -0.1) is 0 Å². The van der Waals surface area contributed by atoms with Gasteiger partial charge < -0.3 is 4.90 Å². The lowest BCUT2D eigenvalue weighted by atomic mass is 10.1. The molecule has 0 N–H and O–H groups in total. The summed E-state index contributed by atoms with van der Waals surface area (Å²) in [5.41, 5.74) is 1.49. The van der Waals surface area contributed by atoms with Crippen LogP contribution >= 0.6 is 11.6 Å². The second kappa shape index (κ2) is 6.96. The zero-order valence-electron chi connectivity index (χ0n) is 14.4. The highest BCUT2D eigenvalue weighted by atomic mass is 35.5. The first-order valence-corrected chi connectivity index (χ1v) is 8.99. The number of hydrogen-bond donors (Lipinski definition) is 0. The zero-order valence-corrected chi connectivity index (χ0v) is 15.1. The quantitative estimate of drug-likeness (QED) is 0.651. The van der Waals surface area contributed by atoms with Crippen LogP contribution in [0.4, 0.5) is 5.69 Å². The molecule has 2 aromatic carbocycles. The van der Waals surface area contributed by atoms with E-state index in [4.69, 9.17) is 11.6 Å². The fourth-order valence-corrected chi connectivity index (χ4v) is 3.41. The first-order valence-electron chi connectivity index (χ1n) is 8.61. The minimum Gasteiger partial charge on any atom is -0.312 e. The molecule has 3 aromatic rings. The molecule has 1 aliphatic rings. The molecule has 1 aromatic heterocycles. The third kappa shape index (κ3) is 3.36. The number of halogens is 1. The fraction of sp³-hybridized carbons (Fsp3) is 0.200. The van der Waals surface area contributed by atoms with Crippen molar-refractivity contribution in [3.8, 4) is 0 Å². The van der Waals surface area contributed by atoms with Gasteiger partial charge in [-0.25, -0.2) is 4.98 Å². The summed E-state index contributed by atoms with van der Waals surface area (Å²) < 4.78 is 1.28. The maximum atomic E-state index is 12.6. The van der Waals surface area contributed by atoms with Crippen molar-refractivity contribution in [2.24, 2.45) is 0 Å². The number of benzene rings is 2. The van der Waals surface area contributed by atoms with Gasteiger partial charge in [0.25, 0.3) is 5.56 Å². The highest BCUT2D eigenvalue weighted by Crippen LogP contribution is 2.22. The molecule has 27 heavy (non-hydrogen) atoms. The van der Waals surface area contributed by atoms with E-state index in [9.17, 15) is 14.4 Å². The summed E-state index contributed by atoms with van der Waals surface area (Å²) in [6.45, 7) is 0.586. The molecule has 0 atom stereocenters. The van der Waals surface area contributed by atoms with Gasteiger partial charge in [0.15, 0.2) is 5.78 Å². The Balaban J connectivity index is 1.57. The number of carbonyl (C=O) groups is 2. The van der Waals surface area contributed by atoms with Crippen molar-refractivity contribution in [3.63, 3.8) is 0 Å². The Morgan fingerprint density at radius 3 is 2.59 bits per heavy atom. The standard InChI is InChI=1S/C20H16ClN3O3/c21-14-5-8-17-16(10-14)20(27)23(12-22-17)11-18(25)13-3-6-15(7-4-13)24-9-1-2-19(24)26/h3-8,10,12H,1-2,9,11H2. The summed E-state index contributed by atoms with van der Waals surface area (Å²) in [5.74, 6) is -0.110. The molecule has 1 fully saturated rings. The van der Waals surface area contributed by atoms with Gasteiger partial charge >= 0.3 is 0 Å². The molecule has 1 aliphatic heterocycles. The summed E-state index contributed by atoms with van der Waals surface area (Å²) in [7, 11) is 0. The van der Waals surface area contributed by atoms with E-state index in [2.05, 4.69) is 4.98 Å². The predicted molar refractivity (Wildman–Crippen MR) is 103 cm³/mol. The van der Waals surface area contributed by atoms with E-state index < -0.39 is 0 Å². The molecule has 1 saturated heterocycles. The van der Waals surface area contributed by atoms with Gasteiger partial charge in [-0.3, -0.25) is 19.0 Å². The van der Waals surface area contributed by atoms with Gasteiger partial charge in [0, 0.05) is 29.2 Å². The SMILES string of the molecule is O=C(Cn1cnc2ccc(Cl)cc2c1=O)c1ccc(N2CCCC2=O)cc1. The largest absolute Gasteiger partial charge is 0.312 e. The second-order valence-corrected chi connectivity index (χ2v) is 6.89. The van der Waals surface area contributed by atoms with E-state index in [-0.39, 0.29) is 23.8 Å². The molecule has 6 nitrogen and oxygen atoms in total. The van der Waals surface area contributed by atoms with Gasteiger partial charge in [0.05, 0.1) is 23.8 Å². The third-order valence-corrected chi connectivity index (χ3v) is 4.91. The number of ketones is 1. The number of carbonyl (C=O) groups excluding carboxylic acids is 2. The van der Waals surface area contributed by atoms with Crippen LogP contribution in [0.3, 0.4) is 0 Å². The molecular weight excluding hydrogens is 366 g/mol. The van der Waals surface area contributed by atoms with Crippen LogP contribution in [0.25, 0.3) is 10.9 Å². The summed E-state index contributed by atoms with van der Waals surface area (Å²) in [6.07, 6.45) is 2.78. The normalized spacial score (nSPS) is 14.1. The van der Waals surface area contributed by atoms with Crippen LogP contribution in [0.2, 0.25) is 5.02 Å². The fourth-order valence-electron chi connectivity index (χ4n) is 3.24. The number of rotatable bonds is 4. The maximum Gasteiger partial charge on any atom is 0.261 e. The Bertz CT molecular complexity index is 1110. The molecule has 0 spiro atoms. The molecule has 0 unspecified atom stereocenters. The topological polar surface area (TPSA) is 72.3 Å². The third-order valence-electron chi connectivity index (χ3n) is 4.67. The van der Waals surface area contributed by atoms with Crippen LogP contribution in [0.1, 0.15) is 23.2 Å². The van der Waals surface area contributed by atoms with Crippen molar-refractivity contribution < 1.29 is 9.59 Å². The first kappa shape index (κ1) is 17.4. The smallest absolute Gasteiger partial charge is 0.261 e. The van der Waals surface area contributed by atoms with Crippen LogP contribution in [-0.4, -0.2) is 27.8 Å². The number of amides is 1. The van der Waals surface area contributed by atoms with Crippen LogP contribution < -0.4 is 10.5 Å². The Kier molecular flexibility index (Phi) is 4.49. The van der Waals surface area contributed by atoms with Gasteiger partial charge in [-0.05, 0) is 48.9 Å². The lowest BCUT2D eigenvalue weighted by molar-refractivity contribution is -0.117. The summed E-state index contributed by atoms with van der Waals surface area (Å²) in [6, 6.07) is 11.8. The molecule has 0 radical (unpaired) electrons. The number of Topliss-reactive ketones (excluding diaryl/α,β-unsaturated/α-hetero) is 1. The average molecular weight is 382 g/mol. The van der Waals surface area contributed by atoms with Gasteiger partial charge in [0.1, 0.15) is 0 Å².